The molecule has 0 aliphatic heterocycles. The fraction of sp³-hybridized carbons (Fsp3) is 0.455. The summed E-state index contributed by atoms with van der Waals surface area (Å²) in [5.41, 5.74) is 1.42. The molecule has 0 amide bonds. The molecular formula is C11H14Br2. The number of benzene rings is 1. The predicted molar refractivity (Wildman–Crippen MR) is 65.6 cm³/mol. The summed E-state index contributed by atoms with van der Waals surface area (Å²) in [5, 5.41) is 1.05. The van der Waals surface area contributed by atoms with Crippen LogP contribution in [-0.2, 0) is 0 Å². The maximum absolute atomic E-state index is 3.59. The molecule has 2 heteroatoms. The minimum absolute atomic E-state index is 0.639. The fourth-order valence-electron chi connectivity index (χ4n) is 1.47. The number of alkyl halides is 1. The lowest BCUT2D eigenvalue weighted by atomic mass is 9.97. The van der Waals surface area contributed by atoms with Crippen molar-refractivity contribution in [3.8, 4) is 0 Å². The molecule has 13 heavy (non-hydrogen) atoms. The largest absolute Gasteiger partial charge is 0.0921 e. The van der Waals surface area contributed by atoms with Gasteiger partial charge in [0.2, 0.25) is 0 Å². The van der Waals surface area contributed by atoms with E-state index in [1.807, 2.05) is 0 Å². The van der Waals surface area contributed by atoms with Crippen LogP contribution in [0, 0.1) is 0 Å². The van der Waals surface area contributed by atoms with Crippen LogP contribution in [0.15, 0.2) is 28.7 Å². The summed E-state index contributed by atoms with van der Waals surface area (Å²) >= 11 is 7.15. The Balaban J connectivity index is 2.84. The quantitative estimate of drug-likeness (QED) is 0.706. The second-order valence-electron chi connectivity index (χ2n) is 3.16. The Hall–Kier alpha value is 0.180. The van der Waals surface area contributed by atoms with Crippen molar-refractivity contribution in [1.82, 2.24) is 0 Å². The van der Waals surface area contributed by atoms with Crippen molar-refractivity contribution in [3.05, 3.63) is 34.3 Å². The first-order valence-electron chi connectivity index (χ1n) is 4.60. The van der Waals surface area contributed by atoms with Crippen LogP contribution in [-0.4, -0.2) is 5.33 Å². The van der Waals surface area contributed by atoms with Gasteiger partial charge < -0.3 is 0 Å². The first-order chi connectivity index (χ1) is 6.29. The molecule has 0 bridgehead atoms. The first kappa shape index (κ1) is 11.3. The summed E-state index contributed by atoms with van der Waals surface area (Å²) in [7, 11) is 0. The summed E-state index contributed by atoms with van der Waals surface area (Å²) < 4.78 is 1.23. The minimum Gasteiger partial charge on any atom is -0.0921 e. The molecule has 0 nitrogen and oxygen atoms in total. The molecular weight excluding hydrogens is 292 g/mol. The first-order valence-corrected chi connectivity index (χ1v) is 6.51. The molecule has 1 aromatic carbocycles. The molecule has 0 heterocycles. The normalized spacial score (nSPS) is 12.8. The lowest BCUT2D eigenvalue weighted by Gasteiger charge is -2.14. The Bertz CT molecular complexity index is 258. The van der Waals surface area contributed by atoms with E-state index in [2.05, 4.69) is 63.0 Å². The van der Waals surface area contributed by atoms with Crippen LogP contribution in [0.25, 0.3) is 0 Å². The average molecular weight is 306 g/mol. The molecule has 0 aliphatic carbocycles. The van der Waals surface area contributed by atoms with Gasteiger partial charge >= 0.3 is 0 Å². The van der Waals surface area contributed by atoms with Crippen molar-refractivity contribution in [2.75, 3.05) is 5.33 Å². The molecule has 0 aromatic heterocycles. The average Bonchev–Trinajstić information content (AvgIpc) is 2.16. The van der Waals surface area contributed by atoms with Gasteiger partial charge in [-0.15, -0.1) is 0 Å². The fourth-order valence-corrected chi connectivity index (χ4v) is 2.75. The maximum atomic E-state index is 3.59. The van der Waals surface area contributed by atoms with Crippen LogP contribution in [0.4, 0.5) is 0 Å². The standard InChI is InChI=1S/C11H14Br2/c1-2-5-9(8-12)10-6-3-4-7-11(10)13/h3-4,6-7,9H,2,5,8H2,1H3. The van der Waals surface area contributed by atoms with E-state index >= 15 is 0 Å². The highest BCUT2D eigenvalue weighted by Crippen LogP contribution is 2.29. The van der Waals surface area contributed by atoms with Crippen LogP contribution >= 0.6 is 31.9 Å². The zero-order valence-electron chi connectivity index (χ0n) is 7.76. The van der Waals surface area contributed by atoms with Crippen LogP contribution in [0.3, 0.4) is 0 Å². The van der Waals surface area contributed by atoms with Gasteiger partial charge in [-0.2, -0.15) is 0 Å². The van der Waals surface area contributed by atoms with E-state index in [1.54, 1.807) is 0 Å². The van der Waals surface area contributed by atoms with Crippen LogP contribution in [0.1, 0.15) is 31.2 Å². The lowest BCUT2D eigenvalue weighted by molar-refractivity contribution is 0.674. The zero-order valence-corrected chi connectivity index (χ0v) is 10.9. The maximum Gasteiger partial charge on any atom is 0.0210 e. The predicted octanol–water partition coefficient (Wildman–Crippen LogP) is 4.73. The highest BCUT2D eigenvalue weighted by Gasteiger charge is 2.11. The van der Waals surface area contributed by atoms with Gasteiger partial charge in [-0.3, -0.25) is 0 Å². The topological polar surface area (TPSA) is 0 Å². The molecule has 0 radical (unpaired) electrons. The summed E-state index contributed by atoms with van der Waals surface area (Å²) in [6.45, 7) is 2.23. The highest BCUT2D eigenvalue weighted by molar-refractivity contribution is 9.10. The van der Waals surface area contributed by atoms with Gasteiger partial charge in [0.1, 0.15) is 0 Å². The number of rotatable bonds is 4. The molecule has 0 saturated carbocycles. The second kappa shape index (κ2) is 5.82. The number of hydrogen-bond acceptors (Lipinski definition) is 0. The Morgan fingerprint density at radius 3 is 2.54 bits per heavy atom. The number of halogens is 2. The van der Waals surface area contributed by atoms with Crippen molar-refractivity contribution in [1.29, 1.82) is 0 Å². The smallest absolute Gasteiger partial charge is 0.0210 e. The second-order valence-corrected chi connectivity index (χ2v) is 4.66. The third-order valence-electron chi connectivity index (χ3n) is 2.17. The van der Waals surface area contributed by atoms with Crippen molar-refractivity contribution < 1.29 is 0 Å². The molecule has 0 fully saturated rings. The summed E-state index contributed by atoms with van der Waals surface area (Å²) in [5.74, 6) is 0.639. The molecule has 1 atom stereocenters. The van der Waals surface area contributed by atoms with Gasteiger partial charge in [-0.1, -0.05) is 63.4 Å². The van der Waals surface area contributed by atoms with Crippen LogP contribution in [0.2, 0.25) is 0 Å². The molecule has 0 spiro atoms. The van der Waals surface area contributed by atoms with Crippen molar-refractivity contribution in [2.24, 2.45) is 0 Å². The molecule has 0 aliphatic rings. The number of hydrogen-bond donors (Lipinski definition) is 0. The Morgan fingerprint density at radius 2 is 2.00 bits per heavy atom. The van der Waals surface area contributed by atoms with Gasteiger partial charge in [0.15, 0.2) is 0 Å². The van der Waals surface area contributed by atoms with Gasteiger partial charge in [-0.05, 0) is 24.0 Å². The third-order valence-corrected chi connectivity index (χ3v) is 3.67. The van der Waals surface area contributed by atoms with Gasteiger partial charge in [0.25, 0.3) is 0 Å². The SMILES string of the molecule is CCCC(CBr)c1ccccc1Br. The highest BCUT2D eigenvalue weighted by atomic mass is 79.9. The third kappa shape index (κ3) is 3.10. The van der Waals surface area contributed by atoms with Crippen molar-refractivity contribution in [3.63, 3.8) is 0 Å². The summed E-state index contributed by atoms with van der Waals surface area (Å²) in [4.78, 5) is 0. The van der Waals surface area contributed by atoms with E-state index in [9.17, 15) is 0 Å². The van der Waals surface area contributed by atoms with E-state index in [0.717, 1.165) is 5.33 Å². The Morgan fingerprint density at radius 1 is 1.31 bits per heavy atom. The molecule has 1 aromatic rings. The zero-order chi connectivity index (χ0) is 9.68. The molecule has 1 rings (SSSR count). The summed E-state index contributed by atoms with van der Waals surface area (Å²) in [6, 6.07) is 8.47. The van der Waals surface area contributed by atoms with Crippen molar-refractivity contribution in [2.45, 2.75) is 25.7 Å². The van der Waals surface area contributed by atoms with Gasteiger partial charge in [0, 0.05) is 9.80 Å². The minimum atomic E-state index is 0.639. The van der Waals surface area contributed by atoms with E-state index in [0.29, 0.717) is 5.92 Å². The van der Waals surface area contributed by atoms with E-state index < -0.39 is 0 Å². The van der Waals surface area contributed by atoms with Gasteiger partial charge in [0.05, 0.1) is 0 Å². The lowest BCUT2D eigenvalue weighted by Crippen LogP contribution is -2.00. The van der Waals surface area contributed by atoms with Crippen LogP contribution in [0.5, 0.6) is 0 Å². The molecule has 0 N–H and O–H groups in total. The molecule has 1 unspecified atom stereocenters. The van der Waals surface area contributed by atoms with E-state index in [4.69, 9.17) is 0 Å². The van der Waals surface area contributed by atoms with Gasteiger partial charge in [-0.25, -0.2) is 0 Å². The van der Waals surface area contributed by atoms with E-state index in [-0.39, 0.29) is 0 Å². The molecule has 72 valence electrons. The van der Waals surface area contributed by atoms with Crippen molar-refractivity contribution >= 4 is 31.9 Å². The Kier molecular flexibility index (Phi) is 5.04. The molecule has 0 saturated heterocycles. The monoisotopic (exact) mass is 304 g/mol. The van der Waals surface area contributed by atoms with E-state index in [1.165, 1.54) is 22.9 Å². The summed E-state index contributed by atoms with van der Waals surface area (Å²) in [6.07, 6.45) is 2.48. The van der Waals surface area contributed by atoms with Crippen LogP contribution < -0.4 is 0 Å². The Labute approximate surface area is 97.0 Å².